The van der Waals surface area contributed by atoms with E-state index in [1.54, 1.807) is 11.8 Å². The lowest BCUT2D eigenvalue weighted by Gasteiger charge is -2.36. The first-order valence-electron chi connectivity index (χ1n) is 14.3. The van der Waals surface area contributed by atoms with E-state index in [1.165, 1.54) is 0 Å². The molecule has 224 valence electrons. The second-order valence-electron chi connectivity index (χ2n) is 10.4. The molecule has 4 N–H and O–H groups in total. The molecule has 1 fully saturated rings. The number of aliphatic hydroxyl groups is 2. The maximum atomic E-state index is 12.2. The molecular weight excluding hydrogens is 554 g/mol. The molecular formula is C33H39NO7S. The lowest BCUT2D eigenvalue weighted by molar-refractivity contribution is -0.245. The van der Waals surface area contributed by atoms with Crippen molar-refractivity contribution in [1.29, 1.82) is 0 Å². The van der Waals surface area contributed by atoms with E-state index in [4.69, 9.17) is 14.6 Å². The number of carboxylic acid groups (broad SMARTS) is 1. The van der Waals surface area contributed by atoms with Crippen LogP contribution in [0.3, 0.4) is 0 Å². The highest BCUT2D eigenvalue weighted by Crippen LogP contribution is 2.39. The highest BCUT2D eigenvalue weighted by molar-refractivity contribution is 7.99. The van der Waals surface area contributed by atoms with Crippen molar-refractivity contribution in [2.45, 2.75) is 63.8 Å². The van der Waals surface area contributed by atoms with Crippen molar-refractivity contribution in [2.24, 2.45) is 0 Å². The molecule has 3 unspecified atom stereocenters. The van der Waals surface area contributed by atoms with E-state index < -0.39 is 12.3 Å². The number of carbonyl (C=O) groups excluding carboxylic acids is 1. The Balaban J connectivity index is 1.44. The molecule has 1 aliphatic heterocycles. The minimum absolute atomic E-state index is 0.00702. The third kappa shape index (κ3) is 9.68. The zero-order valence-electron chi connectivity index (χ0n) is 23.6. The minimum atomic E-state index is -0.844. The van der Waals surface area contributed by atoms with E-state index in [0.717, 1.165) is 39.1 Å². The van der Waals surface area contributed by atoms with Crippen LogP contribution in [0.25, 0.3) is 11.1 Å². The van der Waals surface area contributed by atoms with Crippen molar-refractivity contribution in [3.05, 3.63) is 95.1 Å². The first kappa shape index (κ1) is 31.7. The number of carbonyl (C=O) groups is 2. The zero-order chi connectivity index (χ0) is 29.7. The van der Waals surface area contributed by atoms with Gasteiger partial charge in [-0.15, -0.1) is 0 Å². The maximum absolute atomic E-state index is 12.2. The van der Waals surface area contributed by atoms with Crippen LogP contribution in [0, 0.1) is 0 Å². The van der Waals surface area contributed by atoms with Crippen LogP contribution in [0.1, 0.15) is 66.8 Å². The summed E-state index contributed by atoms with van der Waals surface area (Å²) in [6.07, 6.45) is 1.33. The third-order valence-electron chi connectivity index (χ3n) is 7.11. The van der Waals surface area contributed by atoms with Gasteiger partial charge in [-0.3, -0.25) is 9.59 Å². The van der Waals surface area contributed by atoms with Crippen LogP contribution in [-0.4, -0.2) is 51.4 Å². The first-order chi connectivity index (χ1) is 20.4. The molecule has 0 saturated carbocycles. The van der Waals surface area contributed by atoms with Crippen LogP contribution in [0.15, 0.2) is 72.8 Å². The summed E-state index contributed by atoms with van der Waals surface area (Å²) in [6, 6.07) is 23.9. The van der Waals surface area contributed by atoms with Gasteiger partial charge < -0.3 is 30.1 Å². The van der Waals surface area contributed by atoms with Gasteiger partial charge in [0, 0.05) is 42.9 Å². The van der Waals surface area contributed by atoms with E-state index in [-0.39, 0.29) is 37.7 Å². The molecule has 9 heteroatoms. The number of unbranched alkanes of at least 4 members (excludes halogenated alkanes) is 1. The number of thioether (sulfide) groups is 1. The summed E-state index contributed by atoms with van der Waals surface area (Å²) >= 11 is 1.66. The Morgan fingerprint density at radius 2 is 1.60 bits per heavy atom. The highest BCUT2D eigenvalue weighted by Gasteiger charge is 2.32. The number of rotatable bonds is 15. The highest BCUT2D eigenvalue weighted by atomic mass is 32.2. The molecule has 0 aromatic heterocycles. The van der Waals surface area contributed by atoms with E-state index in [1.807, 2.05) is 66.7 Å². The van der Waals surface area contributed by atoms with Crippen molar-refractivity contribution in [2.75, 3.05) is 18.1 Å². The number of ether oxygens (including phenoxy) is 2. The van der Waals surface area contributed by atoms with Gasteiger partial charge in [-0.05, 0) is 52.8 Å². The number of nitrogens with one attached hydrogen (secondary N) is 1. The summed E-state index contributed by atoms with van der Waals surface area (Å²) in [5, 5.41) is 30.3. The maximum Gasteiger partial charge on any atom is 0.303 e. The van der Waals surface area contributed by atoms with Gasteiger partial charge in [-0.25, -0.2) is 0 Å². The molecule has 1 aliphatic rings. The summed E-state index contributed by atoms with van der Waals surface area (Å²) < 4.78 is 12.9. The van der Waals surface area contributed by atoms with Crippen molar-refractivity contribution < 1.29 is 34.4 Å². The first-order valence-corrected chi connectivity index (χ1v) is 15.5. The lowest BCUT2D eigenvalue weighted by atomic mass is 9.99. The molecule has 0 aliphatic carbocycles. The van der Waals surface area contributed by atoms with Crippen LogP contribution in [0.5, 0.6) is 0 Å². The normalized spacial score (nSPS) is 18.5. The largest absolute Gasteiger partial charge is 0.481 e. The van der Waals surface area contributed by atoms with E-state index in [0.29, 0.717) is 38.0 Å². The predicted octanol–water partition coefficient (Wildman–Crippen LogP) is 5.38. The summed E-state index contributed by atoms with van der Waals surface area (Å²) in [5.41, 5.74) is 5.76. The Morgan fingerprint density at radius 3 is 2.33 bits per heavy atom. The Hall–Kier alpha value is -3.21. The quantitative estimate of drug-likeness (QED) is 0.173. The average molecular weight is 594 g/mol. The topological polar surface area (TPSA) is 125 Å². The van der Waals surface area contributed by atoms with Gasteiger partial charge >= 0.3 is 5.97 Å². The molecule has 8 nitrogen and oxygen atoms in total. The van der Waals surface area contributed by atoms with Gasteiger partial charge in [0.05, 0.1) is 25.4 Å². The summed E-state index contributed by atoms with van der Waals surface area (Å²) in [7, 11) is 0. The Morgan fingerprint density at radius 1 is 0.857 bits per heavy atom. The van der Waals surface area contributed by atoms with E-state index in [2.05, 4.69) is 11.4 Å². The van der Waals surface area contributed by atoms with Gasteiger partial charge in [0.1, 0.15) is 0 Å². The number of benzene rings is 3. The van der Waals surface area contributed by atoms with Gasteiger partial charge in [0.25, 0.3) is 0 Å². The standard InChI is InChI=1S/C33H39NO7S/c35-15-16-42-22-29-19-30(25-13-11-23(21-36)12-14-25)41-33(40-29)28-8-4-7-27(18-28)26-6-3-5-24(17-26)20-34-31(37)9-1-2-10-32(38)39/h3-8,11-14,17-18,29-30,33,35-36H,1-2,9-10,15-16,19-22H2,(H,34,37)(H,38,39). The van der Waals surface area contributed by atoms with Crippen LogP contribution >= 0.6 is 11.8 Å². The molecule has 0 bridgehead atoms. The zero-order valence-corrected chi connectivity index (χ0v) is 24.4. The molecule has 4 rings (SSSR count). The molecule has 3 aromatic rings. The lowest BCUT2D eigenvalue weighted by Crippen LogP contribution is -2.31. The molecule has 1 heterocycles. The van der Waals surface area contributed by atoms with Gasteiger partial charge in [-0.2, -0.15) is 11.8 Å². The van der Waals surface area contributed by atoms with Crippen LogP contribution < -0.4 is 5.32 Å². The molecule has 42 heavy (non-hydrogen) atoms. The van der Waals surface area contributed by atoms with Crippen molar-refractivity contribution >= 4 is 23.6 Å². The van der Waals surface area contributed by atoms with Crippen LogP contribution in [0.4, 0.5) is 0 Å². The Kier molecular flexibility index (Phi) is 12.4. The van der Waals surface area contributed by atoms with Crippen molar-refractivity contribution in [3.63, 3.8) is 0 Å². The van der Waals surface area contributed by atoms with Crippen molar-refractivity contribution in [3.8, 4) is 11.1 Å². The number of carboxylic acids is 1. The van der Waals surface area contributed by atoms with Crippen molar-refractivity contribution in [1.82, 2.24) is 5.32 Å². The molecule has 0 spiro atoms. The van der Waals surface area contributed by atoms with E-state index >= 15 is 0 Å². The number of hydrogen-bond acceptors (Lipinski definition) is 7. The van der Waals surface area contributed by atoms with Crippen LogP contribution in [-0.2, 0) is 32.2 Å². The number of amides is 1. The molecule has 3 aromatic carbocycles. The van der Waals surface area contributed by atoms with Crippen LogP contribution in [0.2, 0.25) is 0 Å². The van der Waals surface area contributed by atoms with E-state index in [9.17, 15) is 19.8 Å². The fourth-order valence-corrected chi connectivity index (χ4v) is 5.65. The number of aliphatic hydroxyl groups excluding tert-OH is 2. The molecule has 1 saturated heterocycles. The number of aliphatic carboxylic acids is 1. The number of hydrogen-bond donors (Lipinski definition) is 4. The summed E-state index contributed by atoms with van der Waals surface area (Å²) in [6.45, 7) is 0.512. The minimum Gasteiger partial charge on any atom is -0.481 e. The molecule has 0 radical (unpaired) electrons. The summed E-state index contributed by atoms with van der Waals surface area (Å²) in [4.78, 5) is 22.8. The predicted molar refractivity (Wildman–Crippen MR) is 163 cm³/mol. The Bertz CT molecular complexity index is 1300. The average Bonchev–Trinajstić information content (AvgIpc) is 3.02. The second-order valence-corrected chi connectivity index (χ2v) is 11.5. The molecule has 3 atom stereocenters. The molecule has 1 amide bonds. The summed E-state index contributed by atoms with van der Waals surface area (Å²) in [5.74, 6) is 0.464. The van der Waals surface area contributed by atoms with Gasteiger partial charge in [0.15, 0.2) is 6.29 Å². The van der Waals surface area contributed by atoms with Gasteiger partial charge in [-0.1, -0.05) is 60.7 Å². The SMILES string of the molecule is O=C(O)CCCCC(=O)NCc1cccc(-c2cccc(C3OC(CSCCO)CC(c4ccc(CO)cc4)O3)c2)c1. The second kappa shape index (κ2) is 16.4. The fourth-order valence-electron chi connectivity index (χ4n) is 4.88. The Labute approximate surface area is 251 Å². The smallest absolute Gasteiger partial charge is 0.303 e. The monoisotopic (exact) mass is 593 g/mol. The van der Waals surface area contributed by atoms with Gasteiger partial charge in [0.2, 0.25) is 5.91 Å². The fraction of sp³-hybridized carbons (Fsp3) is 0.394. The third-order valence-corrected chi connectivity index (χ3v) is 8.19.